The summed E-state index contributed by atoms with van der Waals surface area (Å²) in [6, 6.07) is 17.2. The zero-order valence-electron chi connectivity index (χ0n) is 22.5. The third kappa shape index (κ3) is 4.63. The van der Waals surface area contributed by atoms with E-state index in [1.54, 1.807) is 20.3 Å². The largest absolute Gasteiger partial charge is 0.497 e. The number of aryl methyl sites for hydroxylation is 1. The van der Waals surface area contributed by atoms with Gasteiger partial charge in [0.05, 0.1) is 44.8 Å². The zero-order valence-corrected chi connectivity index (χ0v) is 23.3. The van der Waals surface area contributed by atoms with Crippen LogP contribution < -0.4 is 19.5 Å². The van der Waals surface area contributed by atoms with Crippen molar-refractivity contribution in [3.8, 4) is 22.2 Å². The van der Waals surface area contributed by atoms with E-state index in [2.05, 4.69) is 40.3 Å². The van der Waals surface area contributed by atoms with E-state index >= 15 is 0 Å². The molecule has 2 aromatic carbocycles. The van der Waals surface area contributed by atoms with Crippen LogP contribution in [0.2, 0.25) is 0 Å². The second-order valence-electron chi connectivity index (χ2n) is 9.83. The Bertz CT molecular complexity index is 1490. The lowest BCUT2D eigenvalue weighted by molar-refractivity contribution is 0.194. The first kappa shape index (κ1) is 25.4. The lowest BCUT2D eigenvalue weighted by atomic mass is 9.95. The van der Waals surface area contributed by atoms with Gasteiger partial charge in [-0.3, -0.25) is 0 Å². The Morgan fingerprint density at radius 1 is 1.00 bits per heavy atom. The molecule has 2 amide bonds. The number of amides is 2. The third-order valence-electron chi connectivity index (χ3n) is 7.60. The zero-order chi connectivity index (χ0) is 26.9. The summed E-state index contributed by atoms with van der Waals surface area (Å²) in [6.07, 6.45) is 6.72. The fraction of sp³-hybridized carbons (Fsp3) is 0.323. The van der Waals surface area contributed by atoms with Gasteiger partial charge in [0.2, 0.25) is 0 Å². The molecule has 0 saturated heterocycles. The number of urea groups is 1. The first-order valence-electron chi connectivity index (χ1n) is 13.4. The predicted molar refractivity (Wildman–Crippen MR) is 154 cm³/mol. The van der Waals surface area contributed by atoms with E-state index < -0.39 is 0 Å². The molecule has 0 radical (unpaired) electrons. The maximum Gasteiger partial charge on any atom is 0.323 e. The van der Waals surface area contributed by atoms with Crippen LogP contribution in [0.5, 0.6) is 17.2 Å². The summed E-state index contributed by atoms with van der Waals surface area (Å²) in [5, 5.41) is 4.38. The molecule has 202 valence electrons. The molecule has 0 fully saturated rings. The van der Waals surface area contributed by atoms with Gasteiger partial charge in [0, 0.05) is 22.7 Å². The minimum atomic E-state index is -0.293. The van der Waals surface area contributed by atoms with Crippen molar-refractivity contribution in [3.05, 3.63) is 88.1 Å². The van der Waals surface area contributed by atoms with Crippen molar-refractivity contribution in [1.29, 1.82) is 0 Å². The summed E-state index contributed by atoms with van der Waals surface area (Å²) in [6.45, 7) is 3.10. The minimum Gasteiger partial charge on any atom is -0.497 e. The Labute approximate surface area is 232 Å². The SMILES string of the molecule is CCOc1ccc([C@H]2c3cccn3-c3sc4c(c3CN2C(=O)Nc2ccc(OC)cc2OC)CCCC4)cc1. The predicted octanol–water partition coefficient (Wildman–Crippen LogP) is 6.97. The van der Waals surface area contributed by atoms with Crippen molar-refractivity contribution < 1.29 is 19.0 Å². The van der Waals surface area contributed by atoms with Gasteiger partial charge in [-0.2, -0.15) is 0 Å². The quantitative estimate of drug-likeness (QED) is 0.285. The topological polar surface area (TPSA) is 65.0 Å². The Kier molecular flexibility index (Phi) is 6.95. The van der Waals surface area contributed by atoms with E-state index in [0.29, 0.717) is 30.3 Å². The summed E-state index contributed by atoms with van der Waals surface area (Å²) < 4.78 is 18.9. The van der Waals surface area contributed by atoms with E-state index in [1.165, 1.54) is 33.8 Å². The molecular weight excluding hydrogens is 510 g/mol. The summed E-state index contributed by atoms with van der Waals surface area (Å²) >= 11 is 1.88. The average Bonchev–Trinajstić information content (AvgIpc) is 3.56. The van der Waals surface area contributed by atoms with E-state index in [4.69, 9.17) is 14.2 Å². The number of fused-ring (bicyclic) bond motifs is 5. The number of carbonyl (C=O) groups excluding carboxylic acids is 1. The second kappa shape index (κ2) is 10.7. The molecule has 39 heavy (non-hydrogen) atoms. The van der Waals surface area contributed by atoms with Crippen LogP contribution >= 0.6 is 11.3 Å². The molecule has 0 saturated carbocycles. The number of nitrogens with one attached hydrogen (secondary N) is 1. The van der Waals surface area contributed by atoms with Crippen LogP contribution in [-0.4, -0.2) is 36.3 Å². The van der Waals surface area contributed by atoms with Crippen molar-refractivity contribution in [2.75, 3.05) is 26.1 Å². The van der Waals surface area contributed by atoms with Crippen LogP contribution in [0.4, 0.5) is 10.5 Å². The van der Waals surface area contributed by atoms with E-state index in [0.717, 1.165) is 29.8 Å². The second-order valence-corrected chi connectivity index (χ2v) is 10.9. The van der Waals surface area contributed by atoms with Crippen molar-refractivity contribution in [2.24, 2.45) is 0 Å². The Morgan fingerprint density at radius 3 is 2.56 bits per heavy atom. The van der Waals surface area contributed by atoms with E-state index in [-0.39, 0.29) is 12.1 Å². The molecular formula is C31H33N3O4S. The van der Waals surface area contributed by atoms with Gasteiger partial charge >= 0.3 is 6.03 Å². The van der Waals surface area contributed by atoms with Crippen LogP contribution in [0.1, 0.15) is 53.1 Å². The average molecular weight is 544 g/mol. The lowest BCUT2D eigenvalue weighted by Gasteiger charge is -2.31. The summed E-state index contributed by atoms with van der Waals surface area (Å²) in [7, 11) is 3.20. The van der Waals surface area contributed by atoms with Crippen molar-refractivity contribution >= 4 is 23.1 Å². The number of aromatic nitrogens is 1. The van der Waals surface area contributed by atoms with Gasteiger partial charge in [-0.25, -0.2) is 4.79 Å². The molecule has 1 aliphatic carbocycles. The maximum absolute atomic E-state index is 14.2. The van der Waals surface area contributed by atoms with Gasteiger partial charge in [-0.1, -0.05) is 12.1 Å². The molecule has 2 aliphatic rings. The van der Waals surface area contributed by atoms with Crippen LogP contribution in [0.25, 0.3) is 5.00 Å². The molecule has 1 aliphatic heterocycles. The first-order chi connectivity index (χ1) is 19.1. The van der Waals surface area contributed by atoms with Gasteiger partial charge in [-0.05, 0) is 80.1 Å². The molecule has 6 rings (SSSR count). The number of rotatable bonds is 6. The van der Waals surface area contributed by atoms with Crippen LogP contribution in [0.3, 0.4) is 0 Å². The standard InChI is InChI=1S/C31H33N3O4S/c1-4-38-21-13-11-20(12-14-21)29-26-9-7-17-33(26)30-24(23-8-5-6-10-28(23)39-30)19-34(29)31(35)32-25-16-15-22(36-2)18-27(25)37-3/h7,9,11-18,29H,4-6,8,10,19H2,1-3H3,(H,32,35)/t29-/m0/s1. The monoisotopic (exact) mass is 543 g/mol. The highest BCUT2D eigenvalue weighted by Crippen LogP contribution is 2.44. The van der Waals surface area contributed by atoms with Gasteiger partial charge in [-0.15, -0.1) is 11.3 Å². The normalized spacial score (nSPS) is 16.0. The van der Waals surface area contributed by atoms with Crippen LogP contribution in [0.15, 0.2) is 60.8 Å². The fourth-order valence-corrected chi connectivity index (χ4v) is 7.14. The molecule has 0 spiro atoms. The van der Waals surface area contributed by atoms with Gasteiger partial charge in [0.15, 0.2) is 0 Å². The van der Waals surface area contributed by atoms with Crippen molar-refractivity contribution in [1.82, 2.24) is 9.47 Å². The number of carbonyl (C=O) groups is 1. The molecule has 1 atom stereocenters. The number of ether oxygens (including phenoxy) is 3. The third-order valence-corrected chi connectivity index (χ3v) is 8.93. The Hall–Kier alpha value is -3.91. The number of thiophene rings is 1. The summed E-state index contributed by atoms with van der Waals surface area (Å²) in [4.78, 5) is 17.6. The van der Waals surface area contributed by atoms with Gasteiger partial charge in [0.1, 0.15) is 22.2 Å². The summed E-state index contributed by atoms with van der Waals surface area (Å²) in [5.41, 5.74) is 5.37. The Balaban J connectivity index is 1.46. The van der Waals surface area contributed by atoms with Gasteiger partial charge in [0.25, 0.3) is 0 Å². The molecule has 7 nitrogen and oxygen atoms in total. The molecule has 2 aromatic heterocycles. The highest BCUT2D eigenvalue weighted by Gasteiger charge is 2.36. The van der Waals surface area contributed by atoms with Crippen molar-refractivity contribution in [3.63, 3.8) is 0 Å². The molecule has 3 heterocycles. The number of methoxy groups -OCH3 is 2. The molecule has 4 aromatic rings. The maximum atomic E-state index is 14.2. The highest BCUT2D eigenvalue weighted by atomic mass is 32.1. The van der Waals surface area contributed by atoms with E-state index in [9.17, 15) is 4.79 Å². The Morgan fingerprint density at radius 2 is 1.79 bits per heavy atom. The number of anilines is 1. The smallest absolute Gasteiger partial charge is 0.323 e. The molecule has 0 bridgehead atoms. The summed E-state index contributed by atoms with van der Waals surface area (Å²) in [5.74, 6) is 2.03. The van der Waals surface area contributed by atoms with Crippen molar-refractivity contribution in [2.45, 2.75) is 45.2 Å². The van der Waals surface area contributed by atoms with Crippen LogP contribution in [-0.2, 0) is 19.4 Å². The molecule has 0 unspecified atom stereocenters. The van der Waals surface area contributed by atoms with E-state index in [1.807, 2.05) is 47.4 Å². The number of nitrogens with zero attached hydrogens (tertiary/aromatic N) is 2. The fourth-order valence-electron chi connectivity index (χ4n) is 5.74. The number of hydrogen-bond acceptors (Lipinski definition) is 5. The minimum absolute atomic E-state index is 0.186. The van der Waals surface area contributed by atoms with Crippen LogP contribution in [0, 0.1) is 0 Å². The molecule has 8 heteroatoms. The lowest BCUT2D eigenvalue weighted by Crippen LogP contribution is -2.38. The number of hydrogen-bond donors (Lipinski definition) is 1. The first-order valence-corrected chi connectivity index (χ1v) is 14.3. The highest BCUT2D eigenvalue weighted by molar-refractivity contribution is 7.15. The van der Waals surface area contributed by atoms with Gasteiger partial charge < -0.3 is 29.0 Å². The molecule has 1 N–H and O–H groups in total. The number of benzene rings is 2.